The largest absolute Gasteiger partial charge is 0.388 e. The van der Waals surface area contributed by atoms with E-state index in [1.165, 1.54) is 5.56 Å². The third-order valence-electron chi connectivity index (χ3n) is 2.12. The van der Waals surface area contributed by atoms with Crippen LogP contribution in [0.1, 0.15) is 18.9 Å². The average molecular weight is 187 g/mol. The fourth-order valence-electron chi connectivity index (χ4n) is 1.38. The summed E-state index contributed by atoms with van der Waals surface area (Å²) in [4.78, 5) is 0. The lowest BCUT2D eigenvalue weighted by atomic mass is 10.0. The van der Waals surface area contributed by atoms with Crippen LogP contribution in [0.25, 0.3) is 5.57 Å². The fourth-order valence-corrected chi connectivity index (χ4v) is 1.38. The molecule has 0 aliphatic carbocycles. The van der Waals surface area contributed by atoms with Crippen molar-refractivity contribution in [2.45, 2.75) is 13.3 Å². The van der Waals surface area contributed by atoms with Crippen molar-refractivity contribution in [3.63, 3.8) is 0 Å². The molecule has 74 valence electrons. The predicted molar refractivity (Wildman–Crippen MR) is 62.9 cm³/mol. The van der Waals surface area contributed by atoms with E-state index in [1.807, 2.05) is 25.2 Å². The highest BCUT2D eigenvalue weighted by molar-refractivity contribution is 5.76. The lowest BCUT2D eigenvalue weighted by Gasteiger charge is -2.10. The van der Waals surface area contributed by atoms with Crippen LogP contribution >= 0.6 is 0 Å². The van der Waals surface area contributed by atoms with Gasteiger partial charge in [0.05, 0.1) is 0 Å². The van der Waals surface area contributed by atoms with Gasteiger partial charge in [0.2, 0.25) is 0 Å². The van der Waals surface area contributed by atoms with Crippen molar-refractivity contribution in [1.29, 1.82) is 0 Å². The van der Waals surface area contributed by atoms with Gasteiger partial charge in [0.1, 0.15) is 0 Å². The van der Waals surface area contributed by atoms with Crippen molar-refractivity contribution in [3.8, 4) is 0 Å². The van der Waals surface area contributed by atoms with Crippen LogP contribution < -0.4 is 5.32 Å². The van der Waals surface area contributed by atoms with E-state index < -0.39 is 0 Å². The number of hydrogen-bond donors (Lipinski definition) is 1. The molecule has 0 aromatic heterocycles. The molecule has 0 unspecified atom stereocenters. The smallest absolute Gasteiger partial charge is 0.0370 e. The van der Waals surface area contributed by atoms with Crippen molar-refractivity contribution in [2.24, 2.45) is 0 Å². The fraction of sp³-hybridized carbons (Fsp3) is 0.231. The lowest BCUT2D eigenvalue weighted by molar-refractivity contribution is 1.01. The van der Waals surface area contributed by atoms with Crippen LogP contribution in [0, 0.1) is 0 Å². The summed E-state index contributed by atoms with van der Waals surface area (Å²) in [5.74, 6) is 0. The van der Waals surface area contributed by atoms with Gasteiger partial charge in [0.25, 0.3) is 0 Å². The molecular weight excluding hydrogens is 170 g/mol. The zero-order chi connectivity index (χ0) is 10.4. The Morgan fingerprint density at radius 2 is 2.00 bits per heavy atom. The first-order chi connectivity index (χ1) is 6.79. The van der Waals surface area contributed by atoms with Crippen LogP contribution in [-0.4, -0.2) is 7.05 Å². The molecule has 14 heavy (non-hydrogen) atoms. The van der Waals surface area contributed by atoms with Gasteiger partial charge in [-0.25, -0.2) is 0 Å². The van der Waals surface area contributed by atoms with Crippen LogP contribution in [0.4, 0.5) is 0 Å². The molecule has 1 heteroatoms. The van der Waals surface area contributed by atoms with E-state index in [1.54, 1.807) is 0 Å². The molecular formula is C13H17N. The monoisotopic (exact) mass is 187 g/mol. The van der Waals surface area contributed by atoms with Gasteiger partial charge in [-0.1, -0.05) is 49.9 Å². The molecule has 1 nitrogen and oxygen atoms in total. The summed E-state index contributed by atoms with van der Waals surface area (Å²) in [5.41, 5.74) is 3.33. The van der Waals surface area contributed by atoms with Crippen molar-refractivity contribution >= 4 is 5.57 Å². The normalized spacial score (nSPS) is 11.1. The molecule has 0 bridgehead atoms. The summed E-state index contributed by atoms with van der Waals surface area (Å²) in [6.07, 6.45) is 3.16. The number of rotatable bonds is 4. The van der Waals surface area contributed by atoms with Crippen molar-refractivity contribution < 1.29 is 0 Å². The van der Waals surface area contributed by atoms with Gasteiger partial charge in [0, 0.05) is 12.7 Å². The number of likely N-dealkylation sites (N-methyl/N-ethyl adjacent to an activating group) is 1. The first-order valence-corrected chi connectivity index (χ1v) is 4.92. The molecule has 0 saturated carbocycles. The molecule has 0 aliphatic rings. The molecule has 1 N–H and O–H groups in total. The Morgan fingerprint density at radius 1 is 1.36 bits per heavy atom. The van der Waals surface area contributed by atoms with E-state index in [2.05, 4.69) is 37.0 Å². The first-order valence-electron chi connectivity index (χ1n) is 4.92. The standard InChI is InChI=1S/C13H17N/c1-4-8-13(14-3)11(2)12-9-6-5-7-10-12/h5-10,14H,2,4H2,1,3H3/b13-8-. The van der Waals surface area contributed by atoms with Crippen LogP contribution in [0.3, 0.4) is 0 Å². The van der Waals surface area contributed by atoms with E-state index in [0.717, 1.165) is 17.7 Å². The number of benzene rings is 1. The molecule has 0 aliphatic heterocycles. The van der Waals surface area contributed by atoms with E-state index in [9.17, 15) is 0 Å². The highest BCUT2D eigenvalue weighted by Gasteiger charge is 2.01. The summed E-state index contributed by atoms with van der Waals surface area (Å²) in [5, 5.41) is 3.16. The summed E-state index contributed by atoms with van der Waals surface area (Å²) >= 11 is 0. The van der Waals surface area contributed by atoms with Crippen molar-refractivity contribution in [3.05, 3.63) is 54.2 Å². The molecule has 1 rings (SSSR count). The van der Waals surface area contributed by atoms with Gasteiger partial charge in [-0.05, 0) is 17.6 Å². The second-order valence-electron chi connectivity index (χ2n) is 3.12. The number of allylic oxidation sites excluding steroid dienone is 2. The molecule has 0 fully saturated rings. The third-order valence-corrected chi connectivity index (χ3v) is 2.12. The molecule has 0 spiro atoms. The predicted octanol–water partition coefficient (Wildman–Crippen LogP) is 3.21. The Morgan fingerprint density at radius 3 is 2.50 bits per heavy atom. The summed E-state index contributed by atoms with van der Waals surface area (Å²) in [7, 11) is 1.93. The molecule has 0 heterocycles. The molecule has 0 saturated heterocycles. The molecule has 1 aromatic rings. The molecule has 0 radical (unpaired) electrons. The highest BCUT2D eigenvalue weighted by Crippen LogP contribution is 2.18. The topological polar surface area (TPSA) is 12.0 Å². The Labute approximate surface area is 86.2 Å². The van der Waals surface area contributed by atoms with Crippen LogP contribution in [0.15, 0.2) is 48.7 Å². The maximum Gasteiger partial charge on any atom is 0.0370 e. The minimum absolute atomic E-state index is 1.02. The maximum absolute atomic E-state index is 4.08. The maximum atomic E-state index is 4.08. The highest BCUT2D eigenvalue weighted by atomic mass is 14.8. The molecule has 0 atom stereocenters. The van der Waals surface area contributed by atoms with Gasteiger partial charge in [-0.3, -0.25) is 0 Å². The average Bonchev–Trinajstić information content (AvgIpc) is 2.26. The summed E-state index contributed by atoms with van der Waals surface area (Å²) in [6, 6.07) is 10.2. The Hall–Kier alpha value is -1.50. The van der Waals surface area contributed by atoms with Gasteiger partial charge < -0.3 is 5.32 Å². The van der Waals surface area contributed by atoms with Gasteiger partial charge >= 0.3 is 0 Å². The van der Waals surface area contributed by atoms with Gasteiger partial charge in [0.15, 0.2) is 0 Å². The minimum atomic E-state index is 1.02. The summed E-state index contributed by atoms with van der Waals surface area (Å²) < 4.78 is 0. The SMILES string of the molecule is C=C(/C(=C/CC)NC)c1ccccc1. The molecule has 1 aromatic carbocycles. The first kappa shape index (κ1) is 10.6. The zero-order valence-corrected chi connectivity index (χ0v) is 8.88. The van der Waals surface area contributed by atoms with Gasteiger partial charge in [-0.15, -0.1) is 0 Å². The summed E-state index contributed by atoms with van der Waals surface area (Å²) in [6.45, 7) is 6.20. The van der Waals surface area contributed by atoms with Gasteiger partial charge in [-0.2, -0.15) is 0 Å². The third kappa shape index (κ3) is 2.49. The zero-order valence-electron chi connectivity index (χ0n) is 8.88. The van der Waals surface area contributed by atoms with Crippen LogP contribution in [-0.2, 0) is 0 Å². The van der Waals surface area contributed by atoms with Crippen molar-refractivity contribution in [2.75, 3.05) is 7.05 Å². The minimum Gasteiger partial charge on any atom is -0.388 e. The number of hydrogen-bond acceptors (Lipinski definition) is 1. The van der Waals surface area contributed by atoms with E-state index in [0.29, 0.717) is 0 Å². The second kappa shape index (κ2) is 5.28. The van der Waals surface area contributed by atoms with E-state index >= 15 is 0 Å². The van der Waals surface area contributed by atoms with Crippen LogP contribution in [0.5, 0.6) is 0 Å². The van der Waals surface area contributed by atoms with Crippen molar-refractivity contribution in [1.82, 2.24) is 5.32 Å². The lowest BCUT2D eigenvalue weighted by Crippen LogP contribution is -2.07. The quantitative estimate of drug-likeness (QED) is 0.714. The number of nitrogens with one attached hydrogen (secondary N) is 1. The second-order valence-corrected chi connectivity index (χ2v) is 3.12. The Kier molecular flexibility index (Phi) is 3.99. The van der Waals surface area contributed by atoms with Crippen LogP contribution in [0.2, 0.25) is 0 Å². The molecule has 0 amide bonds. The Balaban J connectivity index is 2.90. The Bertz CT molecular complexity index is 322. The van der Waals surface area contributed by atoms with E-state index in [-0.39, 0.29) is 0 Å². The van der Waals surface area contributed by atoms with E-state index in [4.69, 9.17) is 0 Å².